The number of aliphatic hydroxyl groups is 12. The monoisotopic (exact) mass is 932 g/mol. The van der Waals surface area contributed by atoms with Crippen LogP contribution in [0.5, 0.6) is 0 Å². The predicted octanol–water partition coefficient (Wildman–Crippen LogP) is -1.84. The van der Waals surface area contributed by atoms with Crippen LogP contribution in [0.4, 0.5) is 0 Å². The van der Waals surface area contributed by atoms with E-state index >= 15 is 0 Å². The summed E-state index contributed by atoms with van der Waals surface area (Å²) < 4.78 is 42.8. The minimum atomic E-state index is -1.64. The van der Waals surface area contributed by atoms with Gasteiger partial charge < -0.3 is 94.4 Å². The van der Waals surface area contributed by atoms with Gasteiger partial charge in [0.15, 0.2) is 18.9 Å². The third-order valence-electron chi connectivity index (χ3n) is 19.4. The highest BCUT2D eigenvalue weighted by molar-refractivity contribution is 5.33. The van der Waals surface area contributed by atoms with Crippen LogP contribution in [0.15, 0.2) is 0 Å². The van der Waals surface area contributed by atoms with Crippen molar-refractivity contribution >= 4 is 0 Å². The lowest BCUT2D eigenvalue weighted by molar-refractivity contribution is -0.356. The molecule has 12 N–H and O–H groups in total. The topological polar surface area (TPSA) is 307 Å². The second-order valence-electron chi connectivity index (χ2n) is 23.5. The summed E-state index contributed by atoms with van der Waals surface area (Å²) in [7, 11) is 0. The molecule has 374 valence electrons. The molecule has 9 rings (SSSR count). The third-order valence-corrected chi connectivity index (χ3v) is 19.4. The van der Waals surface area contributed by atoms with Crippen LogP contribution in [0.2, 0.25) is 0 Å². The normalized spacial score (nSPS) is 58.7. The van der Waals surface area contributed by atoms with Crippen LogP contribution in [0.3, 0.4) is 0 Å². The van der Waals surface area contributed by atoms with Gasteiger partial charge in [-0.1, -0.05) is 27.7 Å². The van der Waals surface area contributed by atoms with Crippen molar-refractivity contribution in [2.24, 2.45) is 44.8 Å². The minimum Gasteiger partial charge on any atom is -0.394 e. The summed E-state index contributed by atoms with van der Waals surface area (Å²) in [5.74, 6) is -0.508. The number of hydrogen-bond acceptors (Lipinski definition) is 19. The van der Waals surface area contributed by atoms with Crippen LogP contribution in [0.1, 0.15) is 99.8 Å². The van der Waals surface area contributed by atoms with E-state index in [1.54, 1.807) is 13.8 Å². The molecule has 9 aliphatic rings. The molecule has 0 bridgehead atoms. The molecule has 4 aliphatic heterocycles. The second kappa shape index (κ2) is 16.4. The molecule has 0 unspecified atom stereocenters. The van der Waals surface area contributed by atoms with Gasteiger partial charge in [-0.25, -0.2) is 0 Å². The Morgan fingerprint density at radius 2 is 1.25 bits per heavy atom. The van der Waals surface area contributed by atoms with Crippen molar-refractivity contribution in [3.8, 4) is 0 Å². The summed E-state index contributed by atoms with van der Waals surface area (Å²) >= 11 is 0. The van der Waals surface area contributed by atoms with Crippen molar-refractivity contribution < 1.29 is 94.4 Å². The number of rotatable bonds is 9. The standard InChI is InChI=1S/C46H76O19/c1-40(2)26(62-39-33(28(54)23(52)17-60-39)63-37-31(57)27(53)22(51)16-59-37)8-9-46-18-45(46)11-10-42(5)35(20(49)13-43(42,6)25(45)12-19(48)34(40)46)44(7)14-21(50)36(64-44)41(3,4)65-38-32(58)30(56)29(55)24(15-47)61-38/h19-39,47-58H,8-18H2,1-7H3/t19-,20-,21-,22-,23+,24+,25-,26-,27-,28-,29+,30-,31+,32+,33-,34-,35-,36-,37-,38-,39-,42+,43-,44+,45-,46+/m0/s1. The van der Waals surface area contributed by atoms with E-state index in [1.807, 2.05) is 6.92 Å². The van der Waals surface area contributed by atoms with Crippen LogP contribution >= 0.6 is 0 Å². The van der Waals surface area contributed by atoms with Crippen LogP contribution in [-0.2, 0) is 33.2 Å². The van der Waals surface area contributed by atoms with Crippen LogP contribution in [0.25, 0.3) is 0 Å². The van der Waals surface area contributed by atoms with E-state index in [4.69, 9.17) is 33.2 Å². The minimum absolute atomic E-state index is 0.0662. The summed E-state index contributed by atoms with van der Waals surface area (Å²) in [5.41, 5.74) is -4.12. The maximum absolute atomic E-state index is 12.5. The first-order chi connectivity index (χ1) is 30.2. The van der Waals surface area contributed by atoms with Crippen molar-refractivity contribution in [3.63, 3.8) is 0 Å². The molecule has 0 aromatic rings. The van der Waals surface area contributed by atoms with Gasteiger partial charge in [-0.15, -0.1) is 0 Å². The maximum Gasteiger partial charge on any atom is 0.187 e. The van der Waals surface area contributed by atoms with E-state index in [-0.39, 0.29) is 42.3 Å². The zero-order chi connectivity index (χ0) is 47.4. The Bertz CT molecular complexity index is 1750. The molecule has 4 saturated heterocycles. The quantitative estimate of drug-likeness (QED) is 0.113. The molecule has 0 aromatic carbocycles. The Hall–Kier alpha value is -0.760. The third kappa shape index (κ3) is 7.14. The van der Waals surface area contributed by atoms with Gasteiger partial charge in [-0.3, -0.25) is 0 Å². The van der Waals surface area contributed by atoms with Crippen molar-refractivity contribution in [2.45, 2.75) is 221 Å². The van der Waals surface area contributed by atoms with E-state index in [1.165, 1.54) is 0 Å². The van der Waals surface area contributed by atoms with Crippen molar-refractivity contribution in [2.75, 3.05) is 19.8 Å². The number of hydrogen-bond donors (Lipinski definition) is 12. The van der Waals surface area contributed by atoms with Gasteiger partial charge >= 0.3 is 0 Å². The van der Waals surface area contributed by atoms with Crippen LogP contribution < -0.4 is 0 Å². The van der Waals surface area contributed by atoms with Gasteiger partial charge in [0.1, 0.15) is 67.1 Å². The number of fused-ring (bicyclic) bond motifs is 2. The Morgan fingerprint density at radius 1 is 0.600 bits per heavy atom. The molecule has 5 aliphatic carbocycles. The molecule has 5 saturated carbocycles. The van der Waals surface area contributed by atoms with Gasteiger partial charge in [-0.2, -0.15) is 0 Å². The van der Waals surface area contributed by atoms with Gasteiger partial charge in [-0.05, 0) is 105 Å². The highest BCUT2D eigenvalue weighted by atomic mass is 16.8. The average Bonchev–Trinajstić information content (AvgIpc) is 3.68. The lowest BCUT2D eigenvalue weighted by Gasteiger charge is -2.64. The molecule has 0 amide bonds. The SMILES string of the molecule is CC(C)(O[C@@H]1O[C@H](CO)[C@@H](O)[C@H](O)[C@H]1O)[C@H]1O[C@@](C)([C@H]2[C@@H](O)C[C@@]3(C)[C@@H]4C[C@H](O)[C@H]5C(C)(C)[C@@H](O[C@@H]6OC[C@@H](O)[C@H](O)[C@@H]6O[C@@H]6OC[C@H](O)[C@H](O)[C@H]6O)CC[C@@]56C[C@@]46CC[C@]23C)C[C@@H]1O. The Labute approximate surface area is 379 Å². The molecule has 9 fully saturated rings. The lowest BCUT2D eigenvalue weighted by atomic mass is 9.41. The maximum atomic E-state index is 12.5. The highest BCUT2D eigenvalue weighted by Crippen LogP contribution is 2.89. The molecule has 26 atom stereocenters. The first-order valence-electron chi connectivity index (χ1n) is 23.9. The zero-order valence-corrected chi connectivity index (χ0v) is 38.6. The van der Waals surface area contributed by atoms with E-state index < -0.39 is 150 Å². The smallest absolute Gasteiger partial charge is 0.187 e. The van der Waals surface area contributed by atoms with Crippen molar-refractivity contribution in [3.05, 3.63) is 0 Å². The van der Waals surface area contributed by atoms with Crippen LogP contribution in [-0.4, -0.2) is 203 Å². The largest absolute Gasteiger partial charge is 0.394 e. The number of aliphatic hydroxyl groups excluding tert-OH is 12. The Kier molecular flexibility index (Phi) is 12.4. The molecule has 65 heavy (non-hydrogen) atoms. The van der Waals surface area contributed by atoms with Crippen molar-refractivity contribution in [1.82, 2.24) is 0 Å². The van der Waals surface area contributed by atoms with Gasteiger partial charge in [0.25, 0.3) is 0 Å². The fraction of sp³-hybridized carbons (Fsp3) is 1.00. The number of ether oxygens (including phenoxy) is 7. The summed E-state index contributed by atoms with van der Waals surface area (Å²) in [6.45, 7) is 12.8. The molecular formula is C46H76O19. The summed E-state index contributed by atoms with van der Waals surface area (Å²) in [5, 5.41) is 130. The predicted molar refractivity (Wildman–Crippen MR) is 222 cm³/mol. The molecule has 4 heterocycles. The first-order valence-corrected chi connectivity index (χ1v) is 23.9. The van der Waals surface area contributed by atoms with E-state index in [2.05, 4.69) is 27.7 Å². The van der Waals surface area contributed by atoms with Gasteiger partial charge in [0.2, 0.25) is 0 Å². The Balaban J connectivity index is 0.918. The highest BCUT2D eigenvalue weighted by Gasteiger charge is 2.85. The van der Waals surface area contributed by atoms with Gasteiger partial charge in [0.05, 0.1) is 55.4 Å². The van der Waals surface area contributed by atoms with Crippen LogP contribution in [0, 0.1) is 44.8 Å². The average molecular weight is 933 g/mol. The Morgan fingerprint density at radius 3 is 1.92 bits per heavy atom. The molecule has 19 nitrogen and oxygen atoms in total. The fourth-order valence-corrected chi connectivity index (χ4v) is 16.3. The summed E-state index contributed by atoms with van der Waals surface area (Å²) in [6.07, 6.45) is -17.5. The first kappa shape index (κ1) is 49.2. The fourth-order valence-electron chi connectivity index (χ4n) is 16.3. The molecule has 19 heteroatoms. The molecule has 2 spiro atoms. The molecule has 0 radical (unpaired) electrons. The van der Waals surface area contributed by atoms with E-state index in [0.717, 1.165) is 25.7 Å². The van der Waals surface area contributed by atoms with Crippen molar-refractivity contribution in [1.29, 1.82) is 0 Å². The molecular weight excluding hydrogens is 856 g/mol. The summed E-state index contributed by atoms with van der Waals surface area (Å²) in [4.78, 5) is 0. The second-order valence-corrected chi connectivity index (χ2v) is 23.5. The van der Waals surface area contributed by atoms with E-state index in [9.17, 15) is 61.3 Å². The van der Waals surface area contributed by atoms with E-state index in [0.29, 0.717) is 19.3 Å². The molecule has 0 aromatic heterocycles. The zero-order valence-electron chi connectivity index (χ0n) is 38.6. The van der Waals surface area contributed by atoms with Gasteiger partial charge in [0, 0.05) is 12.3 Å². The lowest BCUT2D eigenvalue weighted by Crippen LogP contribution is -2.64. The summed E-state index contributed by atoms with van der Waals surface area (Å²) in [6, 6.07) is 0.